The summed E-state index contributed by atoms with van der Waals surface area (Å²) < 4.78 is 5.51. The highest BCUT2D eigenvalue weighted by molar-refractivity contribution is 9.09. The van der Waals surface area contributed by atoms with Gasteiger partial charge in [-0.1, -0.05) is 29.3 Å². The van der Waals surface area contributed by atoms with Crippen molar-refractivity contribution < 1.29 is 9.53 Å². The van der Waals surface area contributed by atoms with Crippen molar-refractivity contribution in [1.82, 2.24) is 0 Å². The predicted octanol–water partition coefficient (Wildman–Crippen LogP) is 3.20. The Hall–Kier alpha value is -1.03. The molecule has 1 amide bonds. The summed E-state index contributed by atoms with van der Waals surface area (Å²) in [5, 5.41) is 3.05. The van der Waals surface area contributed by atoms with Gasteiger partial charge in [-0.05, 0) is 30.7 Å². The molecule has 0 saturated carbocycles. The second kappa shape index (κ2) is 7.28. The Morgan fingerprint density at radius 3 is 2.62 bits per heavy atom. The number of anilines is 1. The summed E-state index contributed by atoms with van der Waals surface area (Å²) in [6, 6.07) is 7.39. The fourth-order valence-corrected chi connectivity index (χ4v) is 1.30. The van der Waals surface area contributed by atoms with Gasteiger partial charge in [0.05, 0.1) is 11.9 Å². The first-order valence-corrected chi connectivity index (χ1v) is 6.47. The van der Waals surface area contributed by atoms with Crippen LogP contribution in [-0.4, -0.2) is 17.8 Å². The van der Waals surface area contributed by atoms with E-state index in [1.165, 1.54) is 0 Å². The second-order valence-corrected chi connectivity index (χ2v) is 3.97. The molecule has 1 aromatic carbocycles. The number of nitrogens with one attached hydrogen (secondary N) is 1. The molecule has 1 rings (SSSR count). The normalized spacial score (nSPS) is 9.88. The minimum atomic E-state index is -0.0559. The second-order valence-electron chi connectivity index (χ2n) is 3.41. The molecule has 0 aromatic heterocycles. The van der Waals surface area contributed by atoms with Gasteiger partial charge in [0.1, 0.15) is 5.75 Å². The van der Waals surface area contributed by atoms with E-state index in [4.69, 9.17) is 4.74 Å². The molecule has 0 aliphatic heterocycles. The molecule has 3 nitrogen and oxygen atoms in total. The van der Waals surface area contributed by atoms with E-state index in [-0.39, 0.29) is 5.91 Å². The Morgan fingerprint density at radius 2 is 2.06 bits per heavy atom. The van der Waals surface area contributed by atoms with E-state index in [0.717, 1.165) is 30.9 Å². The maximum absolute atomic E-state index is 11.1. The van der Waals surface area contributed by atoms with Crippen LogP contribution in [0.1, 0.15) is 19.8 Å². The van der Waals surface area contributed by atoms with Crippen LogP contribution in [0.4, 0.5) is 5.69 Å². The lowest BCUT2D eigenvalue weighted by Crippen LogP contribution is -2.12. The van der Waals surface area contributed by atoms with Gasteiger partial charge >= 0.3 is 0 Å². The van der Waals surface area contributed by atoms with Gasteiger partial charge in [-0.25, -0.2) is 0 Å². The summed E-state index contributed by atoms with van der Waals surface area (Å²) in [6.45, 7) is 2.87. The van der Waals surface area contributed by atoms with Crippen LogP contribution < -0.4 is 10.1 Å². The zero-order chi connectivity index (χ0) is 11.8. The number of carbonyl (C=O) groups excluding carboxylic acids is 1. The van der Waals surface area contributed by atoms with Crippen molar-refractivity contribution in [2.45, 2.75) is 19.8 Å². The van der Waals surface area contributed by atoms with Gasteiger partial charge in [-0.2, -0.15) is 0 Å². The van der Waals surface area contributed by atoms with Crippen molar-refractivity contribution in [2.75, 3.05) is 17.3 Å². The lowest BCUT2D eigenvalue weighted by molar-refractivity contribution is -0.113. The number of unbranched alkanes of at least 4 members (excludes halogenated alkanes) is 1. The number of alkyl halides is 1. The zero-order valence-electron chi connectivity index (χ0n) is 9.33. The van der Waals surface area contributed by atoms with Crippen LogP contribution in [0.25, 0.3) is 0 Å². The van der Waals surface area contributed by atoms with E-state index in [1.807, 2.05) is 24.3 Å². The molecule has 0 heterocycles. The molecular weight excluding hydrogens is 270 g/mol. The van der Waals surface area contributed by atoms with Crippen LogP contribution in [0.3, 0.4) is 0 Å². The highest BCUT2D eigenvalue weighted by atomic mass is 79.9. The SMILES string of the molecule is CCCCOc1ccc(NC(=O)CBr)cc1. The molecule has 0 saturated heterocycles. The molecular formula is C12H16BrNO2. The van der Waals surface area contributed by atoms with E-state index >= 15 is 0 Å². The summed E-state index contributed by atoms with van der Waals surface area (Å²) in [5.41, 5.74) is 0.785. The molecule has 0 bridgehead atoms. The molecule has 0 aliphatic rings. The number of amides is 1. The van der Waals surface area contributed by atoms with E-state index in [2.05, 4.69) is 28.2 Å². The Morgan fingerprint density at radius 1 is 1.38 bits per heavy atom. The van der Waals surface area contributed by atoms with Crippen molar-refractivity contribution in [3.8, 4) is 5.75 Å². The lowest BCUT2D eigenvalue weighted by atomic mass is 10.3. The number of hydrogen-bond donors (Lipinski definition) is 1. The summed E-state index contributed by atoms with van der Waals surface area (Å²) >= 11 is 3.09. The third-order valence-corrected chi connectivity index (χ3v) is 2.54. The lowest BCUT2D eigenvalue weighted by Gasteiger charge is -2.07. The fraction of sp³-hybridized carbons (Fsp3) is 0.417. The highest BCUT2D eigenvalue weighted by Gasteiger charge is 1.99. The molecule has 0 fully saturated rings. The Balaban J connectivity index is 2.44. The van der Waals surface area contributed by atoms with Gasteiger partial charge in [-0.15, -0.1) is 0 Å². The van der Waals surface area contributed by atoms with Crippen LogP contribution in [0.2, 0.25) is 0 Å². The number of rotatable bonds is 6. The van der Waals surface area contributed by atoms with Crippen LogP contribution in [0, 0.1) is 0 Å². The van der Waals surface area contributed by atoms with Crippen LogP contribution in [0.15, 0.2) is 24.3 Å². The Bertz CT molecular complexity index is 324. The molecule has 0 aliphatic carbocycles. The molecule has 1 N–H and O–H groups in total. The smallest absolute Gasteiger partial charge is 0.235 e. The maximum atomic E-state index is 11.1. The predicted molar refractivity (Wildman–Crippen MR) is 69.3 cm³/mol. The summed E-state index contributed by atoms with van der Waals surface area (Å²) in [4.78, 5) is 11.1. The third-order valence-electron chi connectivity index (χ3n) is 2.03. The minimum Gasteiger partial charge on any atom is -0.494 e. The average Bonchev–Trinajstić information content (AvgIpc) is 2.31. The summed E-state index contributed by atoms with van der Waals surface area (Å²) in [5.74, 6) is 0.782. The van der Waals surface area contributed by atoms with Gasteiger partial charge in [-0.3, -0.25) is 4.79 Å². The first-order valence-electron chi connectivity index (χ1n) is 5.35. The Labute approximate surface area is 104 Å². The van der Waals surface area contributed by atoms with Gasteiger partial charge in [0, 0.05) is 5.69 Å². The topological polar surface area (TPSA) is 38.3 Å². The number of ether oxygens (including phenoxy) is 1. The number of halogens is 1. The van der Waals surface area contributed by atoms with Crippen molar-refractivity contribution in [3.63, 3.8) is 0 Å². The van der Waals surface area contributed by atoms with Crippen molar-refractivity contribution in [2.24, 2.45) is 0 Å². The van der Waals surface area contributed by atoms with Crippen molar-refractivity contribution >= 4 is 27.5 Å². The number of carbonyl (C=O) groups is 1. The number of hydrogen-bond acceptors (Lipinski definition) is 2. The molecule has 0 unspecified atom stereocenters. The third kappa shape index (κ3) is 4.66. The van der Waals surface area contributed by atoms with Crippen molar-refractivity contribution in [3.05, 3.63) is 24.3 Å². The molecule has 0 radical (unpaired) electrons. The Kier molecular flexibility index (Phi) is 5.93. The average molecular weight is 286 g/mol. The molecule has 0 spiro atoms. The standard InChI is InChI=1S/C12H16BrNO2/c1-2-3-8-16-11-6-4-10(5-7-11)14-12(15)9-13/h4-7H,2-3,8-9H2,1H3,(H,14,15). The maximum Gasteiger partial charge on any atom is 0.235 e. The summed E-state index contributed by atoms with van der Waals surface area (Å²) in [7, 11) is 0. The van der Waals surface area contributed by atoms with E-state index < -0.39 is 0 Å². The van der Waals surface area contributed by atoms with Crippen molar-refractivity contribution in [1.29, 1.82) is 0 Å². The molecule has 1 aromatic rings. The first kappa shape index (κ1) is 13.0. The van der Waals surface area contributed by atoms with Gasteiger partial charge < -0.3 is 10.1 Å². The molecule has 16 heavy (non-hydrogen) atoms. The van der Waals surface area contributed by atoms with E-state index in [9.17, 15) is 4.79 Å². The minimum absolute atomic E-state index is 0.0559. The molecule has 88 valence electrons. The molecule has 0 atom stereocenters. The number of benzene rings is 1. The first-order chi connectivity index (χ1) is 7.76. The highest BCUT2D eigenvalue weighted by Crippen LogP contribution is 2.16. The van der Waals surface area contributed by atoms with Crippen LogP contribution >= 0.6 is 15.9 Å². The zero-order valence-corrected chi connectivity index (χ0v) is 10.9. The van der Waals surface area contributed by atoms with Gasteiger partial charge in [0.15, 0.2) is 0 Å². The van der Waals surface area contributed by atoms with Crippen LogP contribution in [0.5, 0.6) is 5.75 Å². The van der Waals surface area contributed by atoms with Gasteiger partial charge in [0.25, 0.3) is 0 Å². The molecule has 4 heteroatoms. The quantitative estimate of drug-likeness (QED) is 0.644. The van der Waals surface area contributed by atoms with E-state index in [0.29, 0.717) is 5.33 Å². The van der Waals surface area contributed by atoms with E-state index in [1.54, 1.807) is 0 Å². The summed E-state index contributed by atoms with van der Waals surface area (Å²) in [6.07, 6.45) is 2.18. The largest absolute Gasteiger partial charge is 0.494 e. The monoisotopic (exact) mass is 285 g/mol. The fourth-order valence-electron chi connectivity index (χ4n) is 1.16. The van der Waals surface area contributed by atoms with Crippen LogP contribution in [-0.2, 0) is 4.79 Å². The van der Waals surface area contributed by atoms with Gasteiger partial charge in [0.2, 0.25) is 5.91 Å².